The third kappa shape index (κ3) is 9.80. The highest BCUT2D eigenvalue weighted by Gasteiger charge is 2.24. The largest absolute Gasteiger partial charge is 0.355 e. The van der Waals surface area contributed by atoms with Crippen LogP contribution in [-0.2, 0) is 30.7 Å². The van der Waals surface area contributed by atoms with Gasteiger partial charge in [0.15, 0.2) is 0 Å². The SMILES string of the molecule is Cn1cc(NC(=O)c2cc(NC(=O)CN)c[nH]2)cc1C(=O)NCC1CCC(CNC(=O)c2cc(NC(=O)c3cc(NC(=O)CN)cn3C)cn2C)CC1. The molecule has 1 saturated carbocycles. The predicted molar refractivity (Wildman–Crippen MR) is 198 cm³/mol. The number of aromatic nitrogens is 4. The number of H-pyrrole nitrogens is 1. The van der Waals surface area contributed by atoms with Crippen LogP contribution in [0.5, 0.6) is 0 Å². The van der Waals surface area contributed by atoms with Gasteiger partial charge in [0.1, 0.15) is 22.8 Å². The molecule has 0 aliphatic heterocycles. The number of nitrogens with two attached hydrogens (primary N) is 2. The van der Waals surface area contributed by atoms with Gasteiger partial charge in [0.05, 0.1) is 35.8 Å². The zero-order valence-electron chi connectivity index (χ0n) is 29.9. The van der Waals surface area contributed by atoms with Gasteiger partial charge in [-0.2, -0.15) is 0 Å². The smallest absolute Gasteiger partial charge is 0.272 e. The van der Waals surface area contributed by atoms with Gasteiger partial charge < -0.3 is 62.1 Å². The van der Waals surface area contributed by atoms with Crippen LogP contribution in [0.2, 0.25) is 0 Å². The Morgan fingerprint density at radius 2 is 0.981 bits per heavy atom. The van der Waals surface area contributed by atoms with E-state index in [0.717, 1.165) is 25.7 Å². The van der Waals surface area contributed by atoms with Gasteiger partial charge in [0.25, 0.3) is 23.6 Å². The highest BCUT2D eigenvalue weighted by molar-refractivity contribution is 6.06. The van der Waals surface area contributed by atoms with E-state index in [1.54, 1.807) is 71.6 Å². The van der Waals surface area contributed by atoms with Gasteiger partial charge in [-0.05, 0) is 61.8 Å². The minimum atomic E-state index is -0.433. The average Bonchev–Trinajstić information content (AvgIpc) is 3.93. The highest BCUT2D eigenvalue weighted by atomic mass is 16.2. The number of anilines is 4. The van der Waals surface area contributed by atoms with Crippen molar-refractivity contribution in [2.45, 2.75) is 25.7 Å². The maximum absolute atomic E-state index is 13.1. The molecule has 0 bridgehead atoms. The van der Waals surface area contributed by atoms with Crippen molar-refractivity contribution in [2.24, 2.45) is 44.4 Å². The molecule has 0 radical (unpaired) electrons. The second kappa shape index (κ2) is 16.9. The molecule has 4 aromatic heterocycles. The average molecular weight is 731 g/mol. The van der Waals surface area contributed by atoms with E-state index in [1.165, 1.54) is 12.3 Å². The van der Waals surface area contributed by atoms with E-state index in [1.807, 2.05) is 0 Å². The van der Waals surface area contributed by atoms with Gasteiger partial charge in [0, 0.05) is 59.0 Å². The maximum Gasteiger partial charge on any atom is 0.272 e. The van der Waals surface area contributed by atoms with Crippen molar-refractivity contribution in [3.05, 3.63) is 71.8 Å². The molecule has 4 aromatic rings. The molecule has 0 aromatic carbocycles. The number of nitrogens with zero attached hydrogens (tertiary/aromatic N) is 3. The number of aromatic amines is 1. The van der Waals surface area contributed by atoms with Crippen molar-refractivity contribution in [1.82, 2.24) is 29.3 Å². The van der Waals surface area contributed by atoms with Gasteiger partial charge in [-0.1, -0.05) is 0 Å². The van der Waals surface area contributed by atoms with E-state index in [4.69, 9.17) is 11.5 Å². The molecule has 0 saturated heterocycles. The van der Waals surface area contributed by atoms with Crippen molar-refractivity contribution >= 4 is 58.2 Å². The molecular weight excluding hydrogens is 684 g/mol. The molecule has 1 aliphatic rings. The second-order valence-electron chi connectivity index (χ2n) is 13.2. The van der Waals surface area contributed by atoms with Crippen molar-refractivity contribution in [3.63, 3.8) is 0 Å². The number of nitrogens with one attached hydrogen (secondary N) is 7. The van der Waals surface area contributed by atoms with Crippen LogP contribution in [0, 0.1) is 11.8 Å². The van der Waals surface area contributed by atoms with E-state index < -0.39 is 11.8 Å². The van der Waals surface area contributed by atoms with Crippen molar-refractivity contribution in [2.75, 3.05) is 47.4 Å². The summed E-state index contributed by atoms with van der Waals surface area (Å²) in [6.07, 6.45) is 10.00. The van der Waals surface area contributed by atoms with E-state index in [2.05, 4.69) is 36.9 Å². The molecule has 53 heavy (non-hydrogen) atoms. The first-order valence-electron chi connectivity index (χ1n) is 17.2. The highest BCUT2D eigenvalue weighted by Crippen LogP contribution is 2.28. The predicted octanol–water partition coefficient (Wildman–Crippen LogP) is 1.30. The first kappa shape index (κ1) is 38.1. The third-order valence-electron chi connectivity index (χ3n) is 9.16. The Morgan fingerprint density at radius 3 is 1.43 bits per heavy atom. The van der Waals surface area contributed by atoms with E-state index in [0.29, 0.717) is 64.8 Å². The first-order chi connectivity index (χ1) is 25.3. The monoisotopic (exact) mass is 730 g/mol. The molecule has 5 rings (SSSR count). The molecular formula is C35H46N12O6. The topological polar surface area (TPSA) is 257 Å². The summed E-state index contributed by atoms with van der Waals surface area (Å²) in [5, 5.41) is 16.8. The van der Waals surface area contributed by atoms with Gasteiger partial charge in [0.2, 0.25) is 11.8 Å². The number of rotatable bonds is 14. The molecule has 0 atom stereocenters. The number of hydrogen-bond donors (Lipinski definition) is 9. The fourth-order valence-electron chi connectivity index (χ4n) is 6.29. The summed E-state index contributed by atoms with van der Waals surface area (Å²) in [6.45, 7) is 0.670. The molecule has 18 nitrogen and oxygen atoms in total. The van der Waals surface area contributed by atoms with Crippen LogP contribution in [0.3, 0.4) is 0 Å². The van der Waals surface area contributed by atoms with Crippen LogP contribution < -0.4 is 43.4 Å². The van der Waals surface area contributed by atoms with Crippen LogP contribution >= 0.6 is 0 Å². The molecule has 1 fully saturated rings. The number of aryl methyl sites for hydroxylation is 3. The van der Waals surface area contributed by atoms with Crippen LogP contribution in [0.15, 0.2) is 49.1 Å². The zero-order chi connectivity index (χ0) is 38.2. The fourth-order valence-corrected chi connectivity index (χ4v) is 6.29. The Labute approximate surface area is 305 Å². The van der Waals surface area contributed by atoms with Gasteiger partial charge in [-0.15, -0.1) is 0 Å². The Morgan fingerprint density at radius 1 is 0.585 bits per heavy atom. The molecule has 282 valence electrons. The van der Waals surface area contributed by atoms with Crippen LogP contribution in [-0.4, -0.2) is 80.3 Å². The summed E-state index contributed by atoms with van der Waals surface area (Å²) < 4.78 is 4.87. The van der Waals surface area contributed by atoms with E-state index in [-0.39, 0.29) is 42.4 Å². The van der Waals surface area contributed by atoms with Crippen molar-refractivity contribution in [3.8, 4) is 0 Å². The Kier molecular flexibility index (Phi) is 12.2. The van der Waals surface area contributed by atoms with Crippen molar-refractivity contribution in [1.29, 1.82) is 0 Å². The van der Waals surface area contributed by atoms with Crippen LogP contribution in [0.4, 0.5) is 22.7 Å². The van der Waals surface area contributed by atoms with E-state index >= 15 is 0 Å². The minimum Gasteiger partial charge on any atom is -0.355 e. The lowest BCUT2D eigenvalue weighted by Crippen LogP contribution is -2.35. The number of hydrogen-bond acceptors (Lipinski definition) is 8. The third-order valence-corrected chi connectivity index (χ3v) is 9.16. The lowest BCUT2D eigenvalue weighted by Gasteiger charge is -2.28. The van der Waals surface area contributed by atoms with Crippen LogP contribution in [0.25, 0.3) is 0 Å². The summed E-state index contributed by atoms with van der Waals surface area (Å²) in [4.78, 5) is 77.5. The zero-order valence-corrected chi connectivity index (χ0v) is 29.9. The normalized spacial score (nSPS) is 15.3. The van der Waals surface area contributed by atoms with E-state index in [9.17, 15) is 28.8 Å². The summed E-state index contributed by atoms with van der Waals surface area (Å²) >= 11 is 0. The molecule has 1 aliphatic carbocycles. The molecule has 0 spiro atoms. The lowest BCUT2D eigenvalue weighted by atomic mass is 9.82. The Hall–Kier alpha value is -6.14. The molecule has 6 amide bonds. The summed E-state index contributed by atoms with van der Waals surface area (Å²) in [5.74, 6) is -1.50. The quantitative estimate of drug-likeness (QED) is 0.0912. The van der Waals surface area contributed by atoms with Crippen LogP contribution in [0.1, 0.15) is 67.6 Å². The number of amides is 6. The van der Waals surface area contributed by atoms with Gasteiger partial charge >= 0.3 is 0 Å². The molecule has 18 heteroatoms. The number of carbonyl (C=O) groups excluding carboxylic acids is 6. The lowest BCUT2D eigenvalue weighted by molar-refractivity contribution is -0.115. The molecule has 11 N–H and O–H groups in total. The minimum absolute atomic E-state index is 0.172. The fraction of sp³-hybridized carbons (Fsp3) is 0.371. The molecule has 4 heterocycles. The first-order valence-corrected chi connectivity index (χ1v) is 17.2. The van der Waals surface area contributed by atoms with Crippen molar-refractivity contribution < 1.29 is 28.8 Å². The van der Waals surface area contributed by atoms with Gasteiger partial charge in [-0.3, -0.25) is 28.8 Å². The summed E-state index contributed by atoms with van der Waals surface area (Å²) in [7, 11) is 5.13. The Bertz CT molecular complexity index is 1990. The standard InChI is InChI=1S/C35H46N12O6/c1-45-18-24(43-32(50)26-8-22(16-38-26)41-30(48)12-36)10-27(45)33(51)39-14-20-4-6-21(7-5-20)15-40-34(52)28-11-25(19-46(28)2)44-35(53)29-9-23(17-47(29)3)42-31(49)13-37/h8-11,16-21,38H,4-7,12-15,36-37H2,1-3H3,(H,39,51)(H,40,52)(H,41,48)(H,42,49)(H,43,50)(H,44,53). The maximum atomic E-state index is 13.1. The summed E-state index contributed by atoms with van der Waals surface area (Å²) in [6, 6.07) is 6.24. The molecule has 0 unspecified atom stereocenters. The Balaban J connectivity index is 1.03. The summed E-state index contributed by atoms with van der Waals surface area (Å²) in [5.41, 5.74) is 13.8. The number of carbonyl (C=O) groups is 6. The second-order valence-corrected chi connectivity index (χ2v) is 13.2. The van der Waals surface area contributed by atoms with Gasteiger partial charge in [-0.25, -0.2) is 0 Å².